The van der Waals surface area contributed by atoms with Crippen LogP contribution in [0.2, 0.25) is 0 Å². The van der Waals surface area contributed by atoms with E-state index in [0.29, 0.717) is 0 Å². The van der Waals surface area contributed by atoms with Crippen LogP contribution in [0.25, 0.3) is 11.0 Å². The Labute approximate surface area is 108 Å². The lowest BCUT2D eigenvalue weighted by atomic mass is 9.87. The molecular formula is C14H20N2O2. The molecule has 4 nitrogen and oxygen atoms in total. The predicted octanol–water partition coefficient (Wildman–Crippen LogP) is 3.08. The van der Waals surface area contributed by atoms with Crippen molar-refractivity contribution in [2.45, 2.75) is 32.6 Å². The summed E-state index contributed by atoms with van der Waals surface area (Å²) < 4.78 is 12.4. The van der Waals surface area contributed by atoms with Crippen molar-refractivity contribution in [1.82, 2.24) is 9.55 Å². The van der Waals surface area contributed by atoms with Crippen molar-refractivity contribution in [3.05, 3.63) is 30.1 Å². The highest BCUT2D eigenvalue weighted by atomic mass is 16.7. The average molecular weight is 248 g/mol. The molecule has 98 valence electrons. The van der Waals surface area contributed by atoms with Gasteiger partial charge in [-0.25, -0.2) is 4.98 Å². The molecule has 2 aromatic rings. The molecular weight excluding hydrogens is 228 g/mol. The van der Waals surface area contributed by atoms with Crippen LogP contribution in [0.15, 0.2) is 24.5 Å². The Balaban J connectivity index is 2.56. The highest BCUT2D eigenvalue weighted by Crippen LogP contribution is 2.27. The molecule has 0 aliphatic heterocycles. The second kappa shape index (κ2) is 4.71. The van der Waals surface area contributed by atoms with Crippen molar-refractivity contribution in [3.63, 3.8) is 0 Å². The number of ether oxygens (including phenoxy) is 2. The van der Waals surface area contributed by atoms with Gasteiger partial charge in [0.1, 0.15) is 0 Å². The third-order valence-electron chi connectivity index (χ3n) is 3.07. The molecule has 1 heterocycles. The fraction of sp³-hybridized carbons (Fsp3) is 0.500. The summed E-state index contributed by atoms with van der Waals surface area (Å²) in [4.78, 5) is 4.36. The number of methoxy groups -OCH3 is 2. The minimum absolute atomic E-state index is 0.110. The van der Waals surface area contributed by atoms with Crippen LogP contribution in [0, 0.1) is 0 Å². The summed E-state index contributed by atoms with van der Waals surface area (Å²) in [6, 6.07) is 6.30. The molecule has 18 heavy (non-hydrogen) atoms. The van der Waals surface area contributed by atoms with Crippen LogP contribution in [0.1, 0.15) is 32.7 Å². The zero-order chi connectivity index (χ0) is 13.3. The summed E-state index contributed by atoms with van der Waals surface area (Å²) in [6.07, 6.45) is 1.31. The van der Waals surface area contributed by atoms with Gasteiger partial charge in [0.2, 0.25) is 6.41 Å². The van der Waals surface area contributed by atoms with E-state index in [1.54, 1.807) is 20.5 Å². The third kappa shape index (κ3) is 2.26. The first-order valence-electron chi connectivity index (χ1n) is 6.00. The molecule has 0 aliphatic rings. The third-order valence-corrected chi connectivity index (χ3v) is 3.07. The van der Waals surface area contributed by atoms with E-state index in [2.05, 4.69) is 37.9 Å². The molecule has 0 unspecified atom stereocenters. The summed E-state index contributed by atoms with van der Waals surface area (Å²) in [5.41, 5.74) is 3.35. The van der Waals surface area contributed by atoms with Crippen LogP contribution in [-0.4, -0.2) is 23.8 Å². The van der Waals surface area contributed by atoms with E-state index in [9.17, 15) is 0 Å². The zero-order valence-corrected chi connectivity index (χ0v) is 11.6. The summed E-state index contributed by atoms with van der Waals surface area (Å²) in [7, 11) is 3.24. The minimum atomic E-state index is -0.440. The molecule has 2 rings (SSSR count). The second-order valence-electron chi connectivity index (χ2n) is 5.38. The highest BCUT2D eigenvalue weighted by Gasteiger charge is 2.17. The van der Waals surface area contributed by atoms with Crippen molar-refractivity contribution in [2.24, 2.45) is 0 Å². The van der Waals surface area contributed by atoms with Gasteiger partial charge in [-0.15, -0.1) is 0 Å². The standard InChI is InChI=1S/C14H20N2O2/c1-14(2,3)10-6-7-11-12(8-10)16(9-15-11)13(17-4)18-5/h6-9,13H,1-5H3. The predicted molar refractivity (Wildman–Crippen MR) is 71.5 cm³/mol. The summed E-state index contributed by atoms with van der Waals surface area (Å²) >= 11 is 0. The summed E-state index contributed by atoms with van der Waals surface area (Å²) in [5.74, 6) is 0. The van der Waals surface area contributed by atoms with E-state index in [4.69, 9.17) is 9.47 Å². The van der Waals surface area contributed by atoms with Crippen LogP contribution in [-0.2, 0) is 14.9 Å². The van der Waals surface area contributed by atoms with Crippen LogP contribution >= 0.6 is 0 Å². The SMILES string of the molecule is COC(OC)n1cnc2ccc(C(C)(C)C)cc21. The maximum atomic E-state index is 5.28. The molecule has 0 spiro atoms. The zero-order valence-electron chi connectivity index (χ0n) is 11.6. The van der Waals surface area contributed by atoms with E-state index in [1.165, 1.54) is 5.56 Å². The average Bonchev–Trinajstić information content (AvgIpc) is 2.73. The van der Waals surface area contributed by atoms with Crippen molar-refractivity contribution in [3.8, 4) is 0 Å². The molecule has 1 aromatic carbocycles. The van der Waals surface area contributed by atoms with Gasteiger partial charge < -0.3 is 9.47 Å². The molecule has 4 heteroatoms. The quantitative estimate of drug-likeness (QED) is 0.783. The molecule has 0 atom stereocenters. The van der Waals surface area contributed by atoms with Crippen LogP contribution in [0.3, 0.4) is 0 Å². The van der Waals surface area contributed by atoms with Crippen LogP contribution < -0.4 is 0 Å². The number of nitrogens with zero attached hydrogens (tertiary/aromatic N) is 2. The first kappa shape index (κ1) is 13.1. The van der Waals surface area contributed by atoms with Crippen molar-refractivity contribution >= 4 is 11.0 Å². The number of hydrogen-bond acceptors (Lipinski definition) is 3. The van der Waals surface area contributed by atoms with Gasteiger partial charge in [0.25, 0.3) is 0 Å². The second-order valence-corrected chi connectivity index (χ2v) is 5.38. The smallest absolute Gasteiger partial charge is 0.245 e. The molecule has 0 bridgehead atoms. The maximum Gasteiger partial charge on any atom is 0.245 e. The molecule has 0 radical (unpaired) electrons. The lowest BCUT2D eigenvalue weighted by Gasteiger charge is -2.20. The van der Waals surface area contributed by atoms with Gasteiger partial charge in [0.15, 0.2) is 0 Å². The van der Waals surface area contributed by atoms with Gasteiger partial charge in [-0.3, -0.25) is 4.57 Å². The van der Waals surface area contributed by atoms with E-state index in [1.807, 2.05) is 10.6 Å². The minimum Gasteiger partial charge on any atom is -0.338 e. The number of hydrogen-bond donors (Lipinski definition) is 0. The number of benzene rings is 1. The maximum absolute atomic E-state index is 5.28. The van der Waals surface area contributed by atoms with Crippen LogP contribution in [0.4, 0.5) is 0 Å². The Hall–Kier alpha value is -1.39. The fourth-order valence-corrected chi connectivity index (χ4v) is 1.98. The Morgan fingerprint density at radius 1 is 1.17 bits per heavy atom. The van der Waals surface area contributed by atoms with Crippen LogP contribution in [0.5, 0.6) is 0 Å². The highest BCUT2D eigenvalue weighted by molar-refractivity contribution is 5.76. The van der Waals surface area contributed by atoms with Gasteiger partial charge in [-0.2, -0.15) is 0 Å². The first-order chi connectivity index (χ1) is 8.47. The monoisotopic (exact) mass is 248 g/mol. The molecule has 0 aliphatic carbocycles. The fourth-order valence-electron chi connectivity index (χ4n) is 1.98. The van der Waals surface area contributed by atoms with E-state index < -0.39 is 6.41 Å². The normalized spacial score (nSPS) is 12.6. The van der Waals surface area contributed by atoms with Gasteiger partial charge >= 0.3 is 0 Å². The van der Waals surface area contributed by atoms with Crippen molar-refractivity contribution < 1.29 is 9.47 Å². The molecule has 0 amide bonds. The molecule has 1 aromatic heterocycles. The van der Waals surface area contributed by atoms with Crippen molar-refractivity contribution in [1.29, 1.82) is 0 Å². The number of aromatic nitrogens is 2. The van der Waals surface area contributed by atoms with Gasteiger partial charge in [-0.1, -0.05) is 26.8 Å². The van der Waals surface area contributed by atoms with E-state index in [0.717, 1.165) is 11.0 Å². The lowest BCUT2D eigenvalue weighted by molar-refractivity contribution is -0.153. The Kier molecular flexibility index (Phi) is 3.41. The number of rotatable bonds is 3. The molecule has 0 saturated heterocycles. The first-order valence-corrected chi connectivity index (χ1v) is 6.00. The van der Waals surface area contributed by atoms with Crippen molar-refractivity contribution in [2.75, 3.05) is 14.2 Å². The Morgan fingerprint density at radius 2 is 1.83 bits per heavy atom. The van der Waals surface area contributed by atoms with E-state index in [-0.39, 0.29) is 5.41 Å². The van der Waals surface area contributed by atoms with Gasteiger partial charge in [0, 0.05) is 14.2 Å². The molecule has 0 fully saturated rings. The van der Waals surface area contributed by atoms with Gasteiger partial charge in [0.05, 0.1) is 17.4 Å². The summed E-state index contributed by atoms with van der Waals surface area (Å²) in [5, 5.41) is 0. The largest absolute Gasteiger partial charge is 0.338 e. The van der Waals surface area contributed by atoms with E-state index >= 15 is 0 Å². The topological polar surface area (TPSA) is 36.3 Å². The number of fused-ring (bicyclic) bond motifs is 1. The van der Waals surface area contributed by atoms with Gasteiger partial charge in [-0.05, 0) is 23.1 Å². The summed E-state index contributed by atoms with van der Waals surface area (Å²) in [6.45, 7) is 6.58. The molecule has 0 N–H and O–H groups in total. The molecule has 0 saturated carbocycles. The Bertz CT molecular complexity index is 536. The lowest BCUT2D eigenvalue weighted by Crippen LogP contribution is -2.13. The Morgan fingerprint density at radius 3 is 2.39 bits per heavy atom. The number of imidazole rings is 1.